The standard InChI is InChI=1S/C20H28N2OS2/c23-19(22-10-8-18(9-11-22)21-14-15-2-3-15)16-4-6-17(7-5-16)20-24-12-1-13-25-20/h4-7,15,18,20-21H,1-3,8-14H2. The summed E-state index contributed by atoms with van der Waals surface area (Å²) in [6, 6.07) is 8.99. The first kappa shape index (κ1) is 17.7. The lowest BCUT2D eigenvalue weighted by molar-refractivity contribution is 0.0705. The molecule has 1 amide bonds. The Kier molecular flexibility index (Phi) is 5.94. The van der Waals surface area contributed by atoms with E-state index in [4.69, 9.17) is 0 Å². The van der Waals surface area contributed by atoms with Crippen LogP contribution in [0.15, 0.2) is 24.3 Å². The van der Waals surface area contributed by atoms with Crippen LogP contribution in [0.3, 0.4) is 0 Å². The topological polar surface area (TPSA) is 32.3 Å². The van der Waals surface area contributed by atoms with Crippen molar-refractivity contribution in [2.45, 2.75) is 42.7 Å². The smallest absolute Gasteiger partial charge is 0.253 e. The number of benzene rings is 1. The number of nitrogens with one attached hydrogen (secondary N) is 1. The van der Waals surface area contributed by atoms with Crippen LogP contribution in [0, 0.1) is 5.92 Å². The summed E-state index contributed by atoms with van der Waals surface area (Å²) in [5, 5.41) is 3.68. The lowest BCUT2D eigenvalue weighted by atomic mass is 10.0. The first-order valence-electron chi connectivity index (χ1n) is 9.65. The summed E-state index contributed by atoms with van der Waals surface area (Å²) in [5.74, 6) is 3.64. The Labute approximate surface area is 159 Å². The summed E-state index contributed by atoms with van der Waals surface area (Å²) < 4.78 is 0.547. The number of piperidine rings is 1. The van der Waals surface area contributed by atoms with Gasteiger partial charge in [-0.1, -0.05) is 12.1 Å². The quantitative estimate of drug-likeness (QED) is 0.836. The highest BCUT2D eigenvalue weighted by Gasteiger charge is 2.26. The van der Waals surface area contributed by atoms with Gasteiger partial charge in [-0.3, -0.25) is 4.79 Å². The molecule has 0 aromatic heterocycles. The predicted octanol–water partition coefficient (Wildman–Crippen LogP) is 4.16. The third-order valence-corrected chi connectivity index (χ3v) is 8.45. The maximum Gasteiger partial charge on any atom is 0.253 e. The zero-order valence-electron chi connectivity index (χ0n) is 14.8. The highest BCUT2D eigenvalue weighted by atomic mass is 32.2. The molecule has 0 radical (unpaired) electrons. The second-order valence-corrected chi connectivity index (χ2v) is 10.2. The van der Waals surface area contributed by atoms with Crippen molar-refractivity contribution in [1.29, 1.82) is 0 Å². The Bertz CT molecular complexity index is 574. The fourth-order valence-corrected chi connectivity index (χ4v) is 6.48. The summed E-state index contributed by atoms with van der Waals surface area (Å²) >= 11 is 4.06. The van der Waals surface area contributed by atoms with Crippen molar-refractivity contribution in [3.8, 4) is 0 Å². The number of amides is 1. The summed E-state index contributed by atoms with van der Waals surface area (Å²) in [5.41, 5.74) is 2.20. The highest BCUT2D eigenvalue weighted by Crippen LogP contribution is 2.43. The molecule has 3 nitrogen and oxygen atoms in total. The average molecular weight is 377 g/mol. The van der Waals surface area contributed by atoms with Crippen LogP contribution in [0.5, 0.6) is 0 Å². The normalized spacial score (nSPS) is 23.0. The SMILES string of the molecule is O=C(c1ccc(C2SCCCS2)cc1)N1CCC(NCC2CC2)CC1. The van der Waals surface area contributed by atoms with E-state index in [2.05, 4.69) is 17.4 Å². The number of likely N-dealkylation sites (tertiary alicyclic amines) is 1. The van der Waals surface area contributed by atoms with E-state index in [1.54, 1.807) is 0 Å². The van der Waals surface area contributed by atoms with Gasteiger partial charge in [0.15, 0.2) is 0 Å². The van der Waals surface area contributed by atoms with E-state index in [0.717, 1.165) is 37.4 Å². The van der Waals surface area contributed by atoms with Crippen molar-refractivity contribution in [1.82, 2.24) is 10.2 Å². The molecule has 3 aliphatic rings. The number of carbonyl (C=O) groups excluding carboxylic acids is 1. The van der Waals surface area contributed by atoms with Crippen LogP contribution in [-0.2, 0) is 0 Å². The van der Waals surface area contributed by atoms with Gasteiger partial charge in [0.25, 0.3) is 5.91 Å². The fourth-order valence-electron chi connectivity index (χ4n) is 3.59. The van der Waals surface area contributed by atoms with Gasteiger partial charge < -0.3 is 10.2 Å². The number of nitrogens with zero attached hydrogens (tertiary/aromatic N) is 1. The summed E-state index contributed by atoms with van der Waals surface area (Å²) in [7, 11) is 0. The minimum Gasteiger partial charge on any atom is -0.339 e. The number of thioether (sulfide) groups is 2. The second kappa shape index (κ2) is 8.36. The molecule has 2 saturated heterocycles. The number of rotatable bonds is 5. The van der Waals surface area contributed by atoms with Crippen molar-refractivity contribution in [2.24, 2.45) is 5.92 Å². The van der Waals surface area contributed by atoms with Gasteiger partial charge in [0.05, 0.1) is 4.58 Å². The Balaban J connectivity index is 1.28. The molecule has 0 bridgehead atoms. The maximum absolute atomic E-state index is 12.8. The van der Waals surface area contributed by atoms with Gasteiger partial charge in [-0.15, -0.1) is 23.5 Å². The van der Waals surface area contributed by atoms with Crippen molar-refractivity contribution < 1.29 is 4.79 Å². The molecule has 0 atom stereocenters. The largest absolute Gasteiger partial charge is 0.339 e. The molecule has 25 heavy (non-hydrogen) atoms. The molecule has 1 aromatic carbocycles. The van der Waals surface area contributed by atoms with E-state index in [-0.39, 0.29) is 5.91 Å². The molecular weight excluding hydrogens is 348 g/mol. The summed E-state index contributed by atoms with van der Waals surface area (Å²) in [6.45, 7) is 2.95. The zero-order chi connectivity index (χ0) is 17.1. The Morgan fingerprint density at radius 1 is 1.04 bits per heavy atom. The van der Waals surface area contributed by atoms with Crippen LogP contribution in [0.2, 0.25) is 0 Å². The minimum atomic E-state index is 0.205. The zero-order valence-corrected chi connectivity index (χ0v) is 16.4. The maximum atomic E-state index is 12.8. The second-order valence-electron chi connectivity index (χ2n) is 7.47. The monoisotopic (exact) mass is 376 g/mol. The molecule has 2 aliphatic heterocycles. The molecule has 2 heterocycles. The molecule has 5 heteroatoms. The third kappa shape index (κ3) is 4.75. The number of carbonyl (C=O) groups is 1. The summed E-state index contributed by atoms with van der Waals surface area (Å²) in [6.07, 6.45) is 6.29. The van der Waals surface area contributed by atoms with Crippen molar-refractivity contribution in [3.63, 3.8) is 0 Å². The van der Waals surface area contributed by atoms with E-state index < -0.39 is 0 Å². The van der Waals surface area contributed by atoms with Crippen LogP contribution in [-0.4, -0.2) is 48.0 Å². The van der Waals surface area contributed by atoms with Gasteiger partial charge in [-0.25, -0.2) is 0 Å². The molecular formula is C20H28N2OS2. The van der Waals surface area contributed by atoms with E-state index in [1.165, 1.54) is 42.9 Å². The van der Waals surface area contributed by atoms with E-state index >= 15 is 0 Å². The first-order chi connectivity index (χ1) is 12.3. The molecule has 1 aromatic rings. The van der Waals surface area contributed by atoms with E-state index in [9.17, 15) is 4.79 Å². The minimum absolute atomic E-state index is 0.205. The van der Waals surface area contributed by atoms with Crippen LogP contribution in [0.25, 0.3) is 0 Å². The molecule has 0 spiro atoms. The van der Waals surface area contributed by atoms with Gasteiger partial charge in [0.1, 0.15) is 0 Å². The number of hydrogen-bond donors (Lipinski definition) is 1. The Morgan fingerprint density at radius 3 is 2.36 bits per heavy atom. The molecule has 3 fully saturated rings. The molecule has 4 rings (SSSR count). The van der Waals surface area contributed by atoms with Gasteiger partial charge in [0, 0.05) is 24.7 Å². The van der Waals surface area contributed by atoms with Crippen LogP contribution in [0.4, 0.5) is 0 Å². The summed E-state index contributed by atoms with van der Waals surface area (Å²) in [4.78, 5) is 14.8. The first-order valence-corrected chi connectivity index (χ1v) is 11.7. The van der Waals surface area contributed by atoms with E-state index in [0.29, 0.717) is 10.6 Å². The molecule has 1 N–H and O–H groups in total. The van der Waals surface area contributed by atoms with Crippen molar-refractivity contribution >= 4 is 29.4 Å². The predicted molar refractivity (Wildman–Crippen MR) is 108 cm³/mol. The van der Waals surface area contributed by atoms with Crippen LogP contribution < -0.4 is 5.32 Å². The van der Waals surface area contributed by atoms with Gasteiger partial charge in [0.2, 0.25) is 0 Å². The van der Waals surface area contributed by atoms with Crippen molar-refractivity contribution in [2.75, 3.05) is 31.1 Å². The van der Waals surface area contributed by atoms with Gasteiger partial charge in [-0.05, 0) is 73.8 Å². The molecule has 1 aliphatic carbocycles. The molecule has 136 valence electrons. The average Bonchev–Trinajstić information content (AvgIpc) is 3.52. The van der Waals surface area contributed by atoms with Crippen molar-refractivity contribution in [3.05, 3.63) is 35.4 Å². The lowest BCUT2D eigenvalue weighted by Crippen LogP contribution is -2.45. The number of hydrogen-bond acceptors (Lipinski definition) is 4. The van der Waals surface area contributed by atoms with Gasteiger partial charge in [-0.2, -0.15) is 0 Å². The third-order valence-electron chi connectivity index (χ3n) is 5.43. The Hall–Kier alpha value is -0.650. The Morgan fingerprint density at radius 2 is 1.72 bits per heavy atom. The fraction of sp³-hybridized carbons (Fsp3) is 0.650. The molecule has 1 saturated carbocycles. The van der Waals surface area contributed by atoms with E-state index in [1.807, 2.05) is 40.6 Å². The highest BCUT2D eigenvalue weighted by molar-refractivity contribution is 8.16. The lowest BCUT2D eigenvalue weighted by Gasteiger charge is -2.32. The van der Waals surface area contributed by atoms with Crippen LogP contribution >= 0.6 is 23.5 Å². The van der Waals surface area contributed by atoms with Crippen LogP contribution in [0.1, 0.15) is 52.6 Å². The van der Waals surface area contributed by atoms with Gasteiger partial charge >= 0.3 is 0 Å². The molecule has 0 unspecified atom stereocenters.